The third-order valence-electron chi connectivity index (χ3n) is 5.66. The van der Waals surface area contributed by atoms with E-state index >= 15 is 0 Å². The van der Waals surface area contributed by atoms with E-state index in [1.807, 2.05) is 36.9 Å². The number of para-hydroxylation sites is 1. The summed E-state index contributed by atoms with van der Waals surface area (Å²) in [5.41, 5.74) is 6.17. The summed E-state index contributed by atoms with van der Waals surface area (Å²) in [6.07, 6.45) is 0.882. The number of ether oxygens (including phenoxy) is 1. The number of benzene rings is 2. The lowest BCUT2D eigenvalue weighted by Gasteiger charge is -2.27. The number of anilines is 2. The van der Waals surface area contributed by atoms with Crippen molar-refractivity contribution in [1.29, 1.82) is 0 Å². The molecule has 6 nitrogen and oxygen atoms in total. The van der Waals surface area contributed by atoms with Crippen LogP contribution in [0.3, 0.4) is 0 Å². The molecule has 0 saturated heterocycles. The summed E-state index contributed by atoms with van der Waals surface area (Å²) in [6, 6.07) is 19.0. The van der Waals surface area contributed by atoms with Crippen molar-refractivity contribution in [2.45, 2.75) is 26.4 Å². The van der Waals surface area contributed by atoms with Gasteiger partial charge in [0.1, 0.15) is 0 Å². The maximum absolute atomic E-state index is 12.3. The highest BCUT2D eigenvalue weighted by Crippen LogP contribution is 2.26. The molecule has 0 atom stereocenters. The molecule has 4 rings (SSSR count). The molecular formula is C24H28N4O2. The average Bonchev–Trinajstić information content (AvgIpc) is 3.10. The molecule has 1 aliphatic rings. The van der Waals surface area contributed by atoms with Gasteiger partial charge in [-0.3, -0.25) is 9.58 Å². The molecule has 0 spiro atoms. The third-order valence-corrected chi connectivity index (χ3v) is 5.66. The first kappa shape index (κ1) is 20.2. The lowest BCUT2D eigenvalue weighted by Crippen LogP contribution is -2.31. The van der Waals surface area contributed by atoms with Crippen LogP contribution in [0.25, 0.3) is 0 Å². The largest absolute Gasteiger partial charge is 0.461 e. The molecule has 0 aliphatic carbocycles. The maximum atomic E-state index is 12.3. The van der Waals surface area contributed by atoms with Gasteiger partial charge in [-0.2, -0.15) is 5.10 Å². The molecular weight excluding hydrogens is 376 g/mol. The van der Waals surface area contributed by atoms with Crippen molar-refractivity contribution >= 4 is 17.3 Å². The Labute approximate surface area is 177 Å². The number of carbonyl (C=O) groups excluding carboxylic acids is 1. The van der Waals surface area contributed by atoms with Crippen LogP contribution in [0.5, 0.6) is 0 Å². The normalized spacial score (nSPS) is 13.7. The van der Waals surface area contributed by atoms with E-state index in [1.165, 1.54) is 5.56 Å². The number of carbonyl (C=O) groups is 1. The Balaban J connectivity index is 1.46. The third kappa shape index (κ3) is 4.09. The van der Waals surface area contributed by atoms with Gasteiger partial charge in [0.15, 0.2) is 5.69 Å². The average molecular weight is 405 g/mol. The standard InChI is InChI=1S/C24H28N4O2/c1-4-30-24(29)23-21-17-28(15-14-22(21)27(3)25-23)16-18-10-12-20(13-11-18)26(2)19-8-6-5-7-9-19/h5-13H,4,14-17H2,1-3H3. The van der Waals surface area contributed by atoms with Crippen LogP contribution in [0.1, 0.15) is 34.2 Å². The Hall–Kier alpha value is -3.12. The van der Waals surface area contributed by atoms with Crippen LogP contribution >= 0.6 is 0 Å². The van der Waals surface area contributed by atoms with Gasteiger partial charge in [0.25, 0.3) is 0 Å². The number of nitrogens with zero attached hydrogens (tertiary/aromatic N) is 4. The summed E-state index contributed by atoms with van der Waals surface area (Å²) in [6.45, 7) is 4.67. The second kappa shape index (κ2) is 8.71. The molecule has 0 amide bonds. The summed E-state index contributed by atoms with van der Waals surface area (Å²) >= 11 is 0. The number of fused-ring (bicyclic) bond motifs is 1. The van der Waals surface area contributed by atoms with E-state index < -0.39 is 0 Å². The lowest BCUT2D eigenvalue weighted by molar-refractivity contribution is 0.0516. The Morgan fingerprint density at radius 1 is 1.10 bits per heavy atom. The minimum absolute atomic E-state index is 0.329. The van der Waals surface area contributed by atoms with Crippen LogP contribution in [0.2, 0.25) is 0 Å². The predicted molar refractivity (Wildman–Crippen MR) is 118 cm³/mol. The second-order valence-electron chi connectivity index (χ2n) is 7.64. The summed E-state index contributed by atoms with van der Waals surface area (Å²) in [7, 11) is 3.98. The number of esters is 1. The van der Waals surface area contributed by atoms with Crippen LogP contribution < -0.4 is 4.90 Å². The predicted octanol–water partition coefficient (Wildman–Crippen LogP) is 3.92. The monoisotopic (exact) mass is 404 g/mol. The summed E-state index contributed by atoms with van der Waals surface area (Å²) in [5, 5.41) is 4.42. The van der Waals surface area contributed by atoms with Crippen molar-refractivity contribution in [3.05, 3.63) is 77.1 Å². The molecule has 0 radical (unpaired) electrons. The Morgan fingerprint density at radius 3 is 2.50 bits per heavy atom. The van der Waals surface area contributed by atoms with Crippen molar-refractivity contribution in [1.82, 2.24) is 14.7 Å². The van der Waals surface area contributed by atoms with Crippen molar-refractivity contribution in [2.75, 3.05) is 25.1 Å². The number of aromatic nitrogens is 2. The van der Waals surface area contributed by atoms with E-state index in [0.29, 0.717) is 18.8 Å². The second-order valence-corrected chi connectivity index (χ2v) is 7.64. The summed E-state index contributed by atoms with van der Waals surface area (Å²) < 4.78 is 7.02. The zero-order valence-corrected chi connectivity index (χ0v) is 17.8. The molecule has 0 N–H and O–H groups in total. The van der Waals surface area contributed by atoms with Gasteiger partial charge in [0.05, 0.1) is 6.61 Å². The molecule has 2 heterocycles. The fourth-order valence-corrected chi connectivity index (χ4v) is 4.03. The minimum atomic E-state index is -0.329. The van der Waals surface area contributed by atoms with Crippen molar-refractivity contribution < 1.29 is 9.53 Å². The molecule has 30 heavy (non-hydrogen) atoms. The van der Waals surface area contributed by atoms with Gasteiger partial charge < -0.3 is 9.64 Å². The highest BCUT2D eigenvalue weighted by molar-refractivity contribution is 5.89. The highest BCUT2D eigenvalue weighted by Gasteiger charge is 2.27. The smallest absolute Gasteiger partial charge is 0.359 e. The maximum Gasteiger partial charge on any atom is 0.359 e. The number of rotatable bonds is 6. The van der Waals surface area contributed by atoms with E-state index in [1.54, 1.807) is 0 Å². The van der Waals surface area contributed by atoms with E-state index in [-0.39, 0.29) is 5.97 Å². The Kier molecular flexibility index (Phi) is 5.86. The van der Waals surface area contributed by atoms with Crippen LogP contribution in [-0.4, -0.2) is 40.8 Å². The zero-order chi connectivity index (χ0) is 21.1. The van der Waals surface area contributed by atoms with Gasteiger partial charge in [0, 0.05) is 62.8 Å². The first-order chi connectivity index (χ1) is 14.6. The molecule has 2 aromatic carbocycles. The van der Waals surface area contributed by atoms with Crippen molar-refractivity contribution in [2.24, 2.45) is 7.05 Å². The van der Waals surface area contributed by atoms with E-state index in [4.69, 9.17) is 4.74 Å². The Morgan fingerprint density at radius 2 is 1.80 bits per heavy atom. The lowest BCUT2D eigenvalue weighted by atomic mass is 10.0. The number of hydrogen-bond donors (Lipinski definition) is 0. The Bertz CT molecular complexity index is 1010. The van der Waals surface area contributed by atoms with Gasteiger partial charge in [-0.15, -0.1) is 0 Å². The molecule has 3 aromatic rings. The van der Waals surface area contributed by atoms with Crippen LogP contribution in [0.15, 0.2) is 54.6 Å². The topological polar surface area (TPSA) is 50.6 Å². The first-order valence-electron chi connectivity index (χ1n) is 10.4. The van der Waals surface area contributed by atoms with E-state index in [2.05, 4.69) is 58.3 Å². The minimum Gasteiger partial charge on any atom is -0.461 e. The fourth-order valence-electron chi connectivity index (χ4n) is 4.03. The fraction of sp³-hybridized carbons (Fsp3) is 0.333. The van der Waals surface area contributed by atoms with Gasteiger partial charge in [-0.25, -0.2) is 4.79 Å². The SMILES string of the molecule is CCOC(=O)c1nn(C)c2c1CN(Cc1ccc(N(C)c3ccccc3)cc1)CC2. The number of aryl methyl sites for hydroxylation is 1. The quantitative estimate of drug-likeness (QED) is 0.583. The molecule has 0 unspecified atom stereocenters. The molecule has 1 aliphatic heterocycles. The van der Waals surface area contributed by atoms with Gasteiger partial charge in [0.2, 0.25) is 0 Å². The van der Waals surface area contributed by atoms with E-state index in [0.717, 1.165) is 42.1 Å². The molecule has 156 valence electrons. The van der Waals surface area contributed by atoms with E-state index in [9.17, 15) is 4.79 Å². The molecule has 0 bridgehead atoms. The van der Waals surface area contributed by atoms with Crippen LogP contribution in [0.4, 0.5) is 11.4 Å². The van der Waals surface area contributed by atoms with Crippen molar-refractivity contribution in [3.8, 4) is 0 Å². The summed E-state index contributed by atoms with van der Waals surface area (Å²) in [5.74, 6) is -0.329. The van der Waals surface area contributed by atoms with Crippen LogP contribution in [-0.2, 0) is 31.3 Å². The van der Waals surface area contributed by atoms with Gasteiger partial charge >= 0.3 is 5.97 Å². The van der Waals surface area contributed by atoms with Crippen LogP contribution in [0, 0.1) is 0 Å². The molecule has 6 heteroatoms. The highest BCUT2D eigenvalue weighted by atomic mass is 16.5. The molecule has 0 saturated carbocycles. The molecule has 1 aromatic heterocycles. The number of hydrogen-bond acceptors (Lipinski definition) is 5. The zero-order valence-electron chi connectivity index (χ0n) is 17.8. The van der Waals surface area contributed by atoms with Gasteiger partial charge in [-0.1, -0.05) is 30.3 Å². The van der Waals surface area contributed by atoms with Gasteiger partial charge in [-0.05, 0) is 36.8 Å². The van der Waals surface area contributed by atoms with Crippen molar-refractivity contribution in [3.63, 3.8) is 0 Å². The summed E-state index contributed by atoms with van der Waals surface area (Å²) in [4.78, 5) is 16.8. The molecule has 0 fully saturated rings. The first-order valence-corrected chi connectivity index (χ1v) is 10.4.